The molecule has 1 atom stereocenters. The van der Waals surface area contributed by atoms with Crippen LogP contribution in [0.1, 0.15) is 26.3 Å². The lowest BCUT2D eigenvalue weighted by Gasteiger charge is -2.30. The van der Waals surface area contributed by atoms with Crippen molar-refractivity contribution in [1.82, 2.24) is 0 Å². The molecule has 0 aromatic heterocycles. The van der Waals surface area contributed by atoms with E-state index in [0.717, 1.165) is 11.3 Å². The summed E-state index contributed by atoms with van der Waals surface area (Å²) >= 11 is 0. The van der Waals surface area contributed by atoms with Gasteiger partial charge in [0.05, 0.1) is 0 Å². The first-order valence-corrected chi connectivity index (χ1v) is 6.18. The maximum atomic E-state index is 13.5. The minimum absolute atomic E-state index is 0.186. The Morgan fingerprint density at radius 3 is 2.41 bits per heavy atom. The van der Waals surface area contributed by atoms with Crippen LogP contribution in [0.25, 0.3) is 0 Å². The minimum Gasteiger partial charge on any atom is -0.372 e. The zero-order chi connectivity index (χ0) is 13.0. The highest BCUT2D eigenvalue weighted by atomic mass is 19.1. The highest BCUT2D eigenvalue weighted by Crippen LogP contribution is 2.22. The molecule has 1 rings (SSSR count). The van der Waals surface area contributed by atoms with Crippen LogP contribution in [0.5, 0.6) is 0 Å². The van der Waals surface area contributed by atoms with Gasteiger partial charge in [-0.05, 0) is 49.6 Å². The average Bonchev–Trinajstić information content (AvgIpc) is 2.26. The number of nitrogens with two attached hydrogens (primary N) is 1. The largest absolute Gasteiger partial charge is 0.372 e. The van der Waals surface area contributed by atoms with Gasteiger partial charge in [0.2, 0.25) is 0 Å². The van der Waals surface area contributed by atoms with Crippen molar-refractivity contribution in [2.45, 2.75) is 33.2 Å². The van der Waals surface area contributed by atoms with Crippen LogP contribution in [0.15, 0.2) is 18.2 Å². The third kappa shape index (κ3) is 3.70. The summed E-state index contributed by atoms with van der Waals surface area (Å²) in [5.41, 5.74) is 7.40. The normalized spacial score (nSPS) is 12.9. The Hall–Kier alpha value is -1.09. The summed E-state index contributed by atoms with van der Waals surface area (Å²) in [5.74, 6) is 0.343. The standard InChI is InChI=1S/C14H23FN2/c1-10(2)11(3)17(4)14-8-12(5-6-16)7-13(15)9-14/h7-11H,5-6,16H2,1-4H3. The number of hydrogen-bond acceptors (Lipinski definition) is 2. The summed E-state index contributed by atoms with van der Waals surface area (Å²) < 4.78 is 13.5. The number of nitrogens with zero attached hydrogens (tertiary/aromatic N) is 1. The molecule has 2 nitrogen and oxygen atoms in total. The predicted molar refractivity (Wildman–Crippen MR) is 71.9 cm³/mol. The van der Waals surface area contributed by atoms with Crippen molar-refractivity contribution in [2.24, 2.45) is 11.7 Å². The van der Waals surface area contributed by atoms with Gasteiger partial charge in [0, 0.05) is 18.8 Å². The van der Waals surface area contributed by atoms with Crippen molar-refractivity contribution in [3.8, 4) is 0 Å². The quantitative estimate of drug-likeness (QED) is 0.854. The highest BCUT2D eigenvalue weighted by molar-refractivity contribution is 5.49. The van der Waals surface area contributed by atoms with E-state index in [9.17, 15) is 4.39 Å². The van der Waals surface area contributed by atoms with E-state index in [1.807, 2.05) is 13.1 Å². The molecule has 0 saturated carbocycles. The number of benzene rings is 1. The van der Waals surface area contributed by atoms with Gasteiger partial charge in [0.15, 0.2) is 0 Å². The third-order valence-electron chi connectivity index (χ3n) is 3.36. The van der Waals surface area contributed by atoms with Crippen molar-refractivity contribution in [2.75, 3.05) is 18.5 Å². The van der Waals surface area contributed by atoms with Crippen molar-refractivity contribution in [1.29, 1.82) is 0 Å². The molecule has 1 unspecified atom stereocenters. The molecule has 0 aliphatic carbocycles. The predicted octanol–water partition coefficient (Wildman–Crippen LogP) is 2.81. The Morgan fingerprint density at radius 1 is 1.24 bits per heavy atom. The maximum absolute atomic E-state index is 13.5. The van der Waals surface area contributed by atoms with Crippen LogP contribution in [0.2, 0.25) is 0 Å². The number of halogens is 1. The van der Waals surface area contributed by atoms with Crippen LogP contribution >= 0.6 is 0 Å². The number of hydrogen-bond donors (Lipinski definition) is 1. The Labute approximate surface area is 104 Å². The fraction of sp³-hybridized carbons (Fsp3) is 0.571. The van der Waals surface area contributed by atoms with E-state index in [1.54, 1.807) is 12.1 Å². The van der Waals surface area contributed by atoms with Crippen molar-refractivity contribution < 1.29 is 4.39 Å². The lowest BCUT2D eigenvalue weighted by molar-refractivity contribution is 0.504. The molecule has 0 heterocycles. The molecule has 0 aliphatic rings. The van der Waals surface area contributed by atoms with E-state index >= 15 is 0 Å². The summed E-state index contributed by atoms with van der Waals surface area (Å²) in [6.07, 6.45) is 0.717. The lowest BCUT2D eigenvalue weighted by Crippen LogP contribution is -2.33. The molecule has 0 bridgehead atoms. The Kier molecular flexibility index (Phi) is 4.94. The fourth-order valence-electron chi connectivity index (χ4n) is 1.83. The Balaban J connectivity index is 2.96. The van der Waals surface area contributed by atoms with E-state index in [2.05, 4.69) is 25.7 Å². The third-order valence-corrected chi connectivity index (χ3v) is 3.36. The topological polar surface area (TPSA) is 29.3 Å². The molecule has 3 heteroatoms. The molecule has 1 aromatic rings. The van der Waals surface area contributed by atoms with E-state index in [0.29, 0.717) is 24.9 Å². The molecule has 0 fully saturated rings. The second-order valence-corrected chi connectivity index (χ2v) is 4.95. The van der Waals surface area contributed by atoms with E-state index < -0.39 is 0 Å². The Morgan fingerprint density at radius 2 is 1.88 bits per heavy atom. The minimum atomic E-state index is -0.186. The van der Waals surface area contributed by atoms with Gasteiger partial charge in [0.1, 0.15) is 5.82 Å². The van der Waals surface area contributed by atoms with E-state index in [1.165, 1.54) is 0 Å². The van der Waals surface area contributed by atoms with Gasteiger partial charge in [-0.2, -0.15) is 0 Å². The fourth-order valence-corrected chi connectivity index (χ4v) is 1.83. The SMILES string of the molecule is CC(C)C(C)N(C)c1cc(F)cc(CCN)c1. The van der Waals surface area contributed by atoms with Gasteiger partial charge in [-0.15, -0.1) is 0 Å². The van der Waals surface area contributed by atoms with Gasteiger partial charge in [-0.1, -0.05) is 13.8 Å². The molecule has 0 amide bonds. The second kappa shape index (κ2) is 6.01. The van der Waals surface area contributed by atoms with Crippen molar-refractivity contribution in [3.05, 3.63) is 29.6 Å². The molecule has 96 valence electrons. The van der Waals surface area contributed by atoms with Crippen molar-refractivity contribution >= 4 is 5.69 Å². The van der Waals surface area contributed by atoms with Crippen LogP contribution in [0, 0.1) is 11.7 Å². The van der Waals surface area contributed by atoms with Gasteiger partial charge >= 0.3 is 0 Å². The summed E-state index contributed by atoms with van der Waals surface area (Å²) in [6.45, 7) is 7.03. The molecule has 0 radical (unpaired) electrons. The first-order valence-electron chi connectivity index (χ1n) is 6.18. The summed E-state index contributed by atoms with van der Waals surface area (Å²) in [7, 11) is 2.01. The zero-order valence-corrected chi connectivity index (χ0v) is 11.2. The molecule has 17 heavy (non-hydrogen) atoms. The number of rotatable bonds is 5. The Bertz CT molecular complexity index is 363. The van der Waals surface area contributed by atoms with Crippen LogP contribution in [0.4, 0.5) is 10.1 Å². The molecule has 1 aromatic carbocycles. The van der Waals surface area contributed by atoms with Gasteiger partial charge in [0.25, 0.3) is 0 Å². The van der Waals surface area contributed by atoms with E-state index in [4.69, 9.17) is 5.73 Å². The first-order chi connectivity index (χ1) is 7.95. The first kappa shape index (κ1) is 14.0. The van der Waals surface area contributed by atoms with Crippen LogP contribution < -0.4 is 10.6 Å². The molecule has 0 aliphatic heterocycles. The molecular weight excluding hydrogens is 215 g/mol. The monoisotopic (exact) mass is 238 g/mol. The second-order valence-electron chi connectivity index (χ2n) is 4.95. The summed E-state index contributed by atoms with van der Waals surface area (Å²) in [6, 6.07) is 5.54. The van der Waals surface area contributed by atoms with Gasteiger partial charge < -0.3 is 10.6 Å². The zero-order valence-electron chi connectivity index (χ0n) is 11.2. The molecular formula is C14H23FN2. The molecule has 0 saturated heterocycles. The van der Waals surface area contributed by atoms with Crippen LogP contribution in [-0.4, -0.2) is 19.6 Å². The highest BCUT2D eigenvalue weighted by Gasteiger charge is 2.14. The number of anilines is 1. The smallest absolute Gasteiger partial charge is 0.125 e. The van der Waals surface area contributed by atoms with E-state index in [-0.39, 0.29) is 5.82 Å². The maximum Gasteiger partial charge on any atom is 0.125 e. The van der Waals surface area contributed by atoms with Gasteiger partial charge in [-0.3, -0.25) is 0 Å². The van der Waals surface area contributed by atoms with Crippen molar-refractivity contribution in [3.63, 3.8) is 0 Å². The summed E-state index contributed by atoms with van der Waals surface area (Å²) in [5, 5.41) is 0. The lowest BCUT2D eigenvalue weighted by atomic mass is 10.0. The van der Waals surface area contributed by atoms with Crippen LogP contribution in [0.3, 0.4) is 0 Å². The van der Waals surface area contributed by atoms with Crippen LogP contribution in [-0.2, 0) is 6.42 Å². The summed E-state index contributed by atoms with van der Waals surface area (Å²) in [4.78, 5) is 2.12. The molecule has 2 N–H and O–H groups in total. The average molecular weight is 238 g/mol. The molecule has 0 spiro atoms. The van der Waals surface area contributed by atoms with Gasteiger partial charge in [-0.25, -0.2) is 4.39 Å².